The second-order valence-corrected chi connectivity index (χ2v) is 5.56. The predicted molar refractivity (Wildman–Crippen MR) is 97.9 cm³/mol. The number of methoxy groups -OCH3 is 1. The molecule has 1 amide bonds. The van der Waals surface area contributed by atoms with Crippen LogP contribution < -0.4 is 15.5 Å². The molecule has 2 N–H and O–H groups in total. The van der Waals surface area contributed by atoms with Crippen molar-refractivity contribution in [3.8, 4) is 5.75 Å². The van der Waals surface area contributed by atoms with E-state index in [9.17, 15) is 4.79 Å². The number of hydrazone groups is 1. The highest BCUT2D eigenvalue weighted by Gasteiger charge is 2.15. The first kappa shape index (κ1) is 17.8. The van der Waals surface area contributed by atoms with Gasteiger partial charge in [0.05, 0.1) is 13.3 Å². The second kappa shape index (κ2) is 8.93. The van der Waals surface area contributed by atoms with Crippen molar-refractivity contribution in [2.24, 2.45) is 5.10 Å². The Morgan fingerprint density at radius 1 is 1.29 bits per heavy atom. The number of hydrogen-bond donors (Lipinski definition) is 2. The van der Waals surface area contributed by atoms with Crippen LogP contribution in [0.15, 0.2) is 53.6 Å². The molecule has 1 atom stereocenters. The van der Waals surface area contributed by atoms with E-state index in [0.717, 1.165) is 17.0 Å². The van der Waals surface area contributed by atoms with Gasteiger partial charge in [0.2, 0.25) is 0 Å². The molecule has 0 unspecified atom stereocenters. The minimum absolute atomic E-state index is 0.202. The summed E-state index contributed by atoms with van der Waals surface area (Å²) in [5, 5.41) is 7.78. The lowest BCUT2D eigenvalue weighted by atomic mass is 10.2. The van der Waals surface area contributed by atoms with Gasteiger partial charge in [-0.15, -0.1) is 0 Å². The molecule has 6 heteroatoms. The molecule has 0 aliphatic carbocycles. The molecular weight excluding hydrogens is 326 g/mol. The number of hydrogen-bond acceptors (Lipinski definition) is 4. The molecule has 0 aromatic heterocycles. The quantitative estimate of drug-likeness (QED) is 0.594. The van der Waals surface area contributed by atoms with E-state index in [0.29, 0.717) is 11.4 Å². The number of carbonyl (C=O) groups is 1. The Hall–Kier alpha value is -2.53. The average molecular weight is 346 g/mol. The van der Waals surface area contributed by atoms with E-state index in [2.05, 4.69) is 15.8 Å². The van der Waals surface area contributed by atoms with Crippen molar-refractivity contribution >= 4 is 29.4 Å². The molecule has 0 saturated heterocycles. The lowest BCUT2D eigenvalue weighted by molar-refractivity contribution is -0.121. The summed E-state index contributed by atoms with van der Waals surface area (Å²) in [6.07, 6.45) is 2.19. The van der Waals surface area contributed by atoms with E-state index in [-0.39, 0.29) is 11.9 Å². The molecule has 5 nitrogen and oxygen atoms in total. The first-order valence-electron chi connectivity index (χ1n) is 7.61. The lowest BCUT2D eigenvalue weighted by Crippen LogP contribution is -2.36. The molecular formula is C18H20ClN3O2. The third-order valence-corrected chi connectivity index (χ3v) is 3.63. The summed E-state index contributed by atoms with van der Waals surface area (Å²) in [5.41, 5.74) is 4.21. The van der Waals surface area contributed by atoms with Gasteiger partial charge in [0.15, 0.2) is 0 Å². The highest BCUT2D eigenvalue weighted by molar-refractivity contribution is 6.30. The summed E-state index contributed by atoms with van der Waals surface area (Å²) in [6.45, 7) is 1.93. The number of benzene rings is 2. The molecule has 2 aromatic carbocycles. The molecule has 24 heavy (non-hydrogen) atoms. The van der Waals surface area contributed by atoms with Gasteiger partial charge in [0, 0.05) is 10.7 Å². The molecule has 0 radical (unpaired) electrons. The first-order chi connectivity index (χ1) is 11.6. The molecule has 0 aliphatic rings. The second-order valence-electron chi connectivity index (χ2n) is 5.12. The van der Waals surface area contributed by atoms with E-state index in [1.165, 1.54) is 0 Å². The Labute approximate surface area is 146 Å². The fourth-order valence-corrected chi connectivity index (χ4v) is 2.28. The van der Waals surface area contributed by atoms with Crippen LogP contribution in [0, 0.1) is 0 Å². The first-order valence-corrected chi connectivity index (χ1v) is 7.99. The van der Waals surface area contributed by atoms with Gasteiger partial charge in [0.25, 0.3) is 5.91 Å². The van der Waals surface area contributed by atoms with Crippen LogP contribution in [0.1, 0.15) is 18.9 Å². The highest BCUT2D eigenvalue weighted by atomic mass is 35.5. The van der Waals surface area contributed by atoms with E-state index in [1.54, 1.807) is 25.5 Å². The summed E-state index contributed by atoms with van der Waals surface area (Å²) in [4.78, 5) is 12.2. The maximum Gasteiger partial charge on any atom is 0.262 e. The van der Waals surface area contributed by atoms with Gasteiger partial charge >= 0.3 is 0 Å². The number of anilines is 1. The zero-order chi connectivity index (χ0) is 17.4. The van der Waals surface area contributed by atoms with Crippen molar-refractivity contribution in [1.82, 2.24) is 5.43 Å². The predicted octanol–water partition coefficient (Wildman–Crippen LogP) is 3.69. The van der Waals surface area contributed by atoms with Gasteiger partial charge in [-0.05, 0) is 48.4 Å². The maximum atomic E-state index is 12.2. The Morgan fingerprint density at radius 3 is 2.67 bits per heavy atom. The fraction of sp³-hybridized carbons (Fsp3) is 0.222. The van der Waals surface area contributed by atoms with Gasteiger partial charge in [-0.3, -0.25) is 4.79 Å². The van der Waals surface area contributed by atoms with Gasteiger partial charge in [-0.1, -0.05) is 30.7 Å². The Kier molecular flexibility index (Phi) is 6.63. The third-order valence-electron chi connectivity index (χ3n) is 3.39. The van der Waals surface area contributed by atoms with Crippen molar-refractivity contribution in [2.45, 2.75) is 19.4 Å². The number of nitrogens with zero attached hydrogens (tertiary/aromatic N) is 1. The van der Waals surface area contributed by atoms with Gasteiger partial charge in [-0.2, -0.15) is 5.10 Å². The summed E-state index contributed by atoms with van der Waals surface area (Å²) < 4.78 is 5.12. The van der Waals surface area contributed by atoms with Crippen LogP contribution in [0.25, 0.3) is 0 Å². The summed E-state index contributed by atoms with van der Waals surface area (Å²) in [5.74, 6) is 0.566. The van der Waals surface area contributed by atoms with E-state index >= 15 is 0 Å². The van der Waals surface area contributed by atoms with E-state index in [4.69, 9.17) is 16.3 Å². The standard InChI is InChI=1S/C18H20ClN3O2/c1-3-17(21-15-7-9-16(24-2)10-8-15)18(23)22-20-12-13-5-4-6-14(19)11-13/h4-12,17,21H,3H2,1-2H3,(H,22,23)/t17-/m0/s1. The van der Waals surface area contributed by atoms with Crippen LogP contribution in [0.4, 0.5) is 5.69 Å². The normalized spacial score (nSPS) is 12.0. The Balaban J connectivity index is 1.93. The molecule has 0 fully saturated rings. The smallest absolute Gasteiger partial charge is 0.262 e. The molecule has 2 rings (SSSR count). The van der Waals surface area contributed by atoms with Crippen LogP contribution >= 0.6 is 11.6 Å². The molecule has 0 aliphatic heterocycles. The average Bonchev–Trinajstić information content (AvgIpc) is 2.60. The van der Waals surface area contributed by atoms with Crippen LogP contribution in [-0.2, 0) is 4.79 Å². The minimum atomic E-state index is -0.380. The van der Waals surface area contributed by atoms with Crippen molar-refractivity contribution in [1.29, 1.82) is 0 Å². The number of nitrogens with one attached hydrogen (secondary N) is 2. The van der Waals surface area contributed by atoms with Crippen LogP contribution in [-0.4, -0.2) is 25.3 Å². The fourth-order valence-electron chi connectivity index (χ4n) is 2.08. The van der Waals surface area contributed by atoms with E-state index in [1.807, 2.05) is 43.3 Å². The lowest BCUT2D eigenvalue weighted by Gasteiger charge is -2.16. The molecule has 126 valence electrons. The largest absolute Gasteiger partial charge is 0.497 e. The van der Waals surface area contributed by atoms with Crippen LogP contribution in [0.3, 0.4) is 0 Å². The van der Waals surface area contributed by atoms with Gasteiger partial charge < -0.3 is 10.1 Å². The number of halogens is 1. The Morgan fingerprint density at radius 2 is 2.04 bits per heavy atom. The van der Waals surface area contributed by atoms with E-state index < -0.39 is 0 Å². The zero-order valence-electron chi connectivity index (χ0n) is 13.6. The van der Waals surface area contributed by atoms with Crippen molar-refractivity contribution in [2.75, 3.05) is 12.4 Å². The summed E-state index contributed by atoms with van der Waals surface area (Å²) in [7, 11) is 1.61. The summed E-state index contributed by atoms with van der Waals surface area (Å²) in [6, 6.07) is 14.3. The topological polar surface area (TPSA) is 62.7 Å². The van der Waals surface area contributed by atoms with Gasteiger partial charge in [-0.25, -0.2) is 5.43 Å². The minimum Gasteiger partial charge on any atom is -0.497 e. The number of carbonyl (C=O) groups excluding carboxylic acids is 1. The van der Waals surface area contributed by atoms with Crippen LogP contribution in [0.2, 0.25) is 5.02 Å². The monoisotopic (exact) mass is 345 g/mol. The number of rotatable bonds is 7. The zero-order valence-corrected chi connectivity index (χ0v) is 14.4. The number of amides is 1. The maximum absolute atomic E-state index is 12.2. The van der Waals surface area contributed by atoms with Crippen LogP contribution in [0.5, 0.6) is 5.75 Å². The summed E-state index contributed by atoms with van der Waals surface area (Å²) >= 11 is 5.90. The van der Waals surface area contributed by atoms with Gasteiger partial charge in [0.1, 0.15) is 11.8 Å². The third kappa shape index (κ3) is 5.28. The molecule has 0 spiro atoms. The number of ether oxygens (including phenoxy) is 1. The molecule has 2 aromatic rings. The molecule has 0 heterocycles. The van der Waals surface area contributed by atoms with Crippen molar-refractivity contribution < 1.29 is 9.53 Å². The molecule has 0 saturated carbocycles. The van der Waals surface area contributed by atoms with Crippen molar-refractivity contribution in [3.63, 3.8) is 0 Å². The Bertz CT molecular complexity index is 702. The van der Waals surface area contributed by atoms with Crippen molar-refractivity contribution in [3.05, 3.63) is 59.1 Å². The molecule has 0 bridgehead atoms. The SMILES string of the molecule is CC[C@H](Nc1ccc(OC)cc1)C(=O)NN=Cc1cccc(Cl)c1. The highest BCUT2D eigenvalue weighted by Crippen LogP contribution is 2.16.